The molecule has 0 fully saturated rings. The van der Waals surface area contributed by atoms with Gasteiger partial charge < -0.3 is 25.2 Å². The van der Waals surface area contributed by atoms with Gasteiger partial charge in [0.1, 0.15) is 0 Å². The average molecular weight is 346 g/mol. The van der Waals surface area contributed by atoms with Crippen LogP contribution >= 0.6 is 0 Å². The second-order valence-electron chi connectivity index (χ2n) is 7.33. The highest BCUT2D eigenvalue weighted by Gasteiger charge is 2.23. The van der Waals surface area contributed by atoms with Crippen LogP contribution in [-0.2, 0) is 19.1 Å². The van der Waals surface area contributed by atoms with E-state index in [1.54, 1.807) is 0 Å². The van der Waals surface area contributed by atoms with Crippen molar-refractivity contribution in [3.05, 3.63) is 0 Å². The van der Waals surface area contributed by atoms with E-state index < -0.39 is 17.6 Å². The molecule has 0 aliphatic heterocycles. The fourth-order valence-corrected chi connectivity index (χ4v) is 1.98. The van der Waals surface area contributed by atoms with Crippen LogP contribution in [-0.4, -0.2) is 60.5 Å². The number of carboxylic acids is 1. The Labute approximate surface area is 145 Å². The molecule has 0 saturated carbocycles. The molecule has 0 aromatic rings. The Hall–Kier alpha value is -1.18. The molecule has 0 radical (unpaired) electrons. The molecule has 1 amide bonds. The minimum atomic E-state index is -0.909. The molecule has 0 spiro atoms. The lowest BCUT2D eigenvalue weighted by Gasteiger charge is -2.28. The second kappa shape index (κ2) is 10.6. The van der Waals surface area contributed by atoms with Crippen LogP contribution in [0.5, 0.6) is 0 Å². The normalized spacial score (nSPS) is 13.6. The maximum Gasteiger partial charge on any atom is 0.303 e. The molecule has 24 heavy (non-hydrogen) atoms. The van der Waals surface area contributed by atoms with Gasteiger partial charge in [0.2, 0.25) is 5.91 Å². The molecule has 0 heterocycles. The summed E-state index contributed by atoms with van der Waals surface area (Å²) in [5, 5.41) is 14.6. The summed E-state index contributed by atoms with van der Waals surface area (Å²) in [6.07, 6.45) is 0.213. The van der Waals surface area contributed by atoms with Crippen LogP contribution in [0.2, 0.25) is 0 Å². The number of aliphatic carboxylic acids is 1. The smallest absolute Gasteiger partial charge is 0.303 e. The van der Waals surface area contributed by atoms with E-state index in [9.17, 15) is 9.59 Å². The molecule has 0 rings (SSSR count). The molecule has 0 aliphatic rings. The highest BCUT2D eigenvalue weighted by molar-refractivity contribution is 5.82. The second-order valence-corrected chi connectivity index (χ2v) is 7.33. The zero-order chi connectivity index (χ0) is 18.8. The van der Waals surface area contributed by atoms with Gasteiger partial charge in [-0.15, -0.1) is 0 Å². The number of likely N-dealkylation sites (N-methyl/N-ethyl adjacent to an activating group) is 1. The monoisotopic (exact) mass is 346 g/mol. The summed E-state index contributed by atoms with van der Waals surface area (Å²) in [6.45, 7) is 13.5. The van der Waals surface area contributed by atoms with Gasteiger partial charge in [0.05, 0.1) is 30.5 Å². The minimum Gasteiger partial charge on any atom is -0.481 e. The number of amides is 1. The first-order valence-corrected chi connectivity index (χ1v) is 8.47. The minimum absolute atomic E-state index is 0.0465. The lowest BCUT2D eigenvalue weighted by Crippen LogP contribution is -2.49. The van der Waals surface area contributed by atoms with E-state index in [1.165, 1.54) is 0 Å². The SMILES string of the molecule is CCNC(CCC(=O)O)C(=O)NCC(C)(C)OCCOC(C)(C)C. The van der Waals surface area contributed by atoms with Crippen molar-refractivity contribution in [2.24, 2.45) is 0 Å². The number of hydrogen-bond donors (Lipinski definition) is 3. The summed E-state index contributed by atoms with van der Waals surface area (Å²) in [6, 6.07) is -0.508. The highest BCUT2D eigenvalue weighted by atomic mass is 16.5. The standard InChI is InChI=1S/C17H34N2O5/c1-7-18-13(8-9-14(20)21)15(22)19-12-17(5,6)24-11-10-23-16(2,3)4/h13,18H,7-12H2,1-6H3,(H,19,22)(H,20,21). The fraction of sp³-hybridized carbons (Fsp3) is 0.882. The Kier molecular flexibility index (Phi) is 10.1. The van der Waals surface area contributed by atoms with Gasteiger partial charge in [0.15, 0.2) is 0 Å². The Balaban J connectivity index is 4.24. The van der Waals surface area contributed by atoms with E-state index in [-0.39, 0.29) is 24.3 Å². The van der Waals surface area contributed by atoms with Crippen LogP contribution in [0.3, 0.4) is 0 Å². The zero-order valence-electron chi connectivity index (χ0n) is 15.9. The van der Waals surface area contributed by atoms with Crippen molar-refractivity contribution in [1.29, 1.82) is 0 Å². The van der Waals surface area contributed by atoms with Crippen molar-refractivity contribution in [3.8, 4) is 0 Å². The van der Waals surface area contributed by atoms with Crippen molar-refractivity contribution in [1.82, 2.24) is 10.6 Å². The quantitative estimate of drug-likeness (QED) is 0.464. The van der Waals surface area contributed by atoms with Gasteiger partial charge in [-0.25, -0.2) is 0 Å². The lowest BCUT2D eigenvalue weighted by molar-refractivity contribution is -0.137. The average Bonchev–Trinajstić information content (AvgIpc) is 2.44. The zero-order valence-corrected chi connectivity index (χ0v) is 15.9. The molecule has 1 unspecified atom stereocenters. The van der Waals surface area contributed by atoms with Crippen LogP contribution in [0.25, 0.3) is 0 Å². The maximum atomic E-state index is 12.2. The van der Waals surface area contributed by atoms with Crippen LogP contribution in [0.15, 0.2) is 0 Å². The molecular formula is C17H34N2O5. The van der Waals surface area contributed by atoms with Crippen LogP contribution in [0.4, 0.5) is 0 Å². The van der Waals surface area contributed by atoms with Crippen LogP contribution in [0, 0.1) is 0 Å². The van der Waals surface area contributed by atoms with Gasteiger partial charge in [-0.2, -0.15) is 0 Å². The van der Waals surface area contributed by atoms with E-state index in [0.717, 1.165) is 0 Å². The third-order valence-corrected chi connectivity index (χ3v) is 3.21. The Morgan fingerprint density at radius 2 is 1.67 bits per heavy atom. The van der Waals surface area contributed by atoms with Crippen molar-refractivity contribution in [2.75, 3.05) is 26.3 Å². The predicted octanol–water partition coefficient (Wildman–Crippen LogP) is 1.56. The number of nitrogens with one attached hydrogen (secondary N) is 2. The Bertz CT molecular complexity index is 391. The predicted molar refractivity (Wildman–Crippen MR) is 93.1 cm³/mol. The third kappa shape index (κ3) is 12.3. The Morgan fingerprint density at radius 1 is 1.08 bits per heavy atom. The van der Waals surface area contributed by atoms with Gasteiger partial charge in [-0.05, 0) is 47.6 Å². The summed E-state index contributed by atoms with van der Waals surface area (Å²) in [5.74, 6) is -1.12. The molecule has 7 nitrogen and oxygen atoms in total. The number of hydrogen-bond acceptors (Lipinski definition) is 5. The molecule has 142 valence electrons. The van der Waals surface area contributed by atoms with Gasteiger partial charge in [-0.3, -0.25) is 9.59 Å². The Morgan fingerprint density at radius 3 is 2.17 bits per heavy atom. The van der Waals surface area contributed by atoms with E-state index in [1.807, 2.05) is 41.5 Å². The summed E-state index contributed by atoms with van der Waals surface area (Å²) < 4.78 is 11.4. The molecule has 0 aromatic carbocycles. The molecule has 7 heteroatoms. The molecule has 0 bridgehead atoms. The summed E-state index contributed by atoms with van der Waals surface area (Å²) in [4.78, 5) is 22.9. The number of ether oxygens (including phenoxy) is 2. The first kappa shape index (κ1) is 22.8. The van der Waals surface area contributed by atoms with Gasteiger partial charge in [0.25, 0.3) is 0 Å². The molecule has 0 aromatic heterocycles. The van der Waals surface area contributed by atoms with E-state index in [2.05, 4.69) is 10.6 Å². The van der Waals surface area contributed by atoms with Crippen molar-refractivity contribution < 1.29 is 24.2 Å². The largest absolute Gasteiger partial charge is 0.481 e. The number of rotatable bonds is 12. The van der Waals surface area contributed by atoms with Crippen molar-refractivity contribution in [3.63, 3.8) is 0 Å². The van der Waals surface area contributed by atoms with Crippen LogP contribution in [0.1, 0.15) is 54.4 Å². The topological polar surface area (TPSA) is 96.9 Å². The summed E-state index contributed by atoms with van der Waals surface area (Å²) >= 11 is 0. The lowest BCUT2D eigenvalue weighted by atomic mass is 10.1. The first-order chi connectivity index (χ1) is 11.0. The van der Waals surface area contributed by atoms with E-state index in [4.69, 9.17) is 14.6 Å². The summed E-state index contributed by atoms with van der Waals surface area (Å²) in [5.41, 5.74) is -0.731. The van der Waals surface area contributed by atoms with Crippen molar-refractivity contribution >= 4 is 11.9 Å². The van der Waals surface area contributed by atoms with E-state index >= 15 is 0 Å². The molecule has 0 saturated heterocycles. The van der Waals surface area contributed by atoms with Gasteiger partial charge in [0, 0.05) is 13.0 Å². The molecule has 1 atom stereocenters. The fourth-order valence-electron chi connectivity index (χ4n) is 1.98. The molecular weight excluding hydrogens is 312 g/mol. The number of carbonyl (C=O) groups excluding carboxylic acids is 1. The van der Waals surface area contributed by atoms with E-state index in [0.29, 0.717) is 26.3 Å². The maximum absolute atomic E-state index is 12.2. The first-order valence-electron chi connectivity index (χ1n) is 8.47. The summed E-state index contributed by atoms with van der Waals surface area (Å²) in [7, 11) is 0. The van der Waals surface area contributed by atoms with Crippen LogP contribution < -0.4 is 10.6 Å². The molecule has 3 N–H and O–H groups in total. The van der Waals surface area contributed by atoms with Crippen molar-refractivity contribution in [2.45, 2.75) is 71.6 Å². The van der Waals surface area contributed by atoms with Gasteiger partial charge in [-0.1, -0.05) is 6.92 Å². The third-order valence-electron chi connectivity index (χ3n) is 3.21. The van der Waals surface area contributed by atoms with Gasteiger partial charge >= 0.3 is 5.97 Å². The number of carboxylic acid groups (broad SMARTS) is 1. The highest BCUT2D eigenvalue weighted by Crippen LogP contribution is 2.10. The number of carbonyl (C=O) groups is 2. The molecule has 0 aliphatic carbocycles.